The minimum atomic E-state index is -0.486. The van der Waals surface area contributed by atoms with Gasteiger partial charge < -0.3 is 10.1 Å². The molecule has 0 saturated carbocycles. The van der Waals surface area contributed by atoms with E-state index in [2.05, 4.69) is 5.32 Å². The van der Waals surface area contributed by atoms with Crippen molar-refractivity contribution in [1.82, 2.24) is 5.32 Å². The first-order valence-corrected chi connectivity index (χ1v) is 9.38. The molecule has 0 unspecified atom stereocenters. The molecule has 25 heavy (non-hydrogen) atoms. The minimum Gasteiger partial charge on any atom is -0.497 e. The Morgan fingerprint density at radius 3 is 2.36 bits per heavy atom. The van der Waals surface area contributed by atoms with E-state index < -0.39 is 11.0 Å². The average molecular weight is 358 g/mol. The van der Waals surface area contributed by atoms with Crippen LogP contribution in [0.2, 0.25) is 0 Å². The summed E-state index contributed by atoms with van der Waals surface area (Å²) < 4.78 is 5.26. The second-order valence-corrected chi connectivity index (χ2v) is 8.35. The molecule has 0 fully saturated rings. The Hall–Kier alpha value is -1.94. The number of carbonyl (C=O) groups excluding carboxylic acids is 1. The lowest BCUT2D eigenvalue weighted by Gasteiger charge is -2.32. The van der Waals surface area contributed by atoms with Crippen LogP contribution in [0.25, 0.3) is 0 Å². The van der Waals surface area contributed by atoms with E-state index in [0.29, 0.717) is 5.75 Å². The quantitative estimate of drug-likeness (QED) is 0.719. The van der Waals surface area contributed by atoms with Crippen LogP contribution in [-0.4, -0.2) is 18.8 Å². The third kappa shape index (κ3) is 5.27. The van der Waals surface area contributed by atoms with Crippen LogP contribution in [0.3, 0.4) is 0 Å². The summed E-state index contributed by atoms with van der Waals surface area (Å²) in [4.78, 5) is 13.9. The lowest BCUT2D eigenvalue weighted by molar-refractivity contribution is -0.130. The first kappa shape index (κ1) is 19.4. The van der Waals surface area contributed by atoms with Gasteiger partial charge in [0.1, 0.15) is 5.75 Å². The zero-order chi connectivity index (χ0) is 18.5. The Balaban J connectivity index is 2.01. The Labute approximate surface area is 155 Å². The van der Waals surface area contributed by atoms with Crippen molar-refractivity contribution >= 4 is 17.7 Å². The second-order valence-electron chi connectivity index (χ2n) is 7.30. The van der Waals surface area contributed by atoms with Crippen molar-refractivity contribution in [2.45, 2.75) is 38.1 Å². The third-order valence-electron chi connectivity index (χ3n) is 4.18. The molecule has 0 aliphatic carbocycles. The summed E-state index contributed by atoms with van der Waals surface area (Å²) in [6.07, 6.45) is 0. The Bertz CT molecular complexity index is 711. The van der Waals surface area contributed by atoms with Gasteiger partial charge in [0.15, 0.2) is 0 Å². The average Bonchev–Trinajstić information content (AvgIpc) is 2.60. The van der Waals surface area contributed by atoms with Crippen molar-refractivity contribution < 1.29 is 9.53 Å². The van der Waals surface area contributed by atoms with E-state index >= 15 is 0 Å². The fourth-order valence-corrected chi connectivity index (χ4v) is 3.43. The molecule has 4 heteroatoms. The predicted octanol–water partition coefficient (Wildman–Crippen LogP) is 4.87. The van der Waals surface area contributed by atoms with Gasteiger partial charge in [-0.15, -0.1) is 11.8 Å². The molecular weight excluding hydrogens is 330 g/mol. The largest absolute Gasteiger partial charge is 0.497 e. The van der Waals surface area contributed by atoms with E-state index in [-0.39, 0.29) is 5.91 Å². The summed E-state index contributed by atoms with van der Waals surface area (Å²) in [5, 5.41) is 3.19. The summed E-state index contributed by atoms with van der Waals surface area (Å²) in [5.74, 6) is 1.57. The number of benzene rings is 2. The Morgan fingerprint density at radius 1 is 1.04 bits per heavy atom. The van der Waals surface area contributed by atoms with E-state index in [4.69, 9.17) is 4.74 Å². The van der Waals surface area contributed by atoms with E-state index in [1.165, 1.54) is 0 Å². The summed E-state index contributed by atoms with van der Waals surface area (Å²) in [7, 11) is 1.66. The van der Waals surface area contributed by atoms with Gasteiger partial charge in [-0.2, -0.15) is 0 Å². The number of thioether (sulfide) groups is 1. The molecule has 0 aliphatic rings. The van der Waals surface area contributed by atoms with Crippen LogP contribution in [0.1, 0.15) is 33.3 Å². The van der Waals surface area contributed by atoms with Gasteiger partial charge in [0.25, 0.3) is 0 Å². The minimum absolute atomic E-state index is 0.0525. The number of rotatable bonds is 7. The molecular formula is C21H27NO2S. The summed E-state index contributed by atoms with van der Waals surface area (Å²) in [5.41, 5.74) is 0.204. The van der Waals surface area contributed by atoms with Crippen molar-refractivity contribution in [2.24, 2.45) is 5.41 Å². The number of methoxy groups -OCH3 is 1. The van der Waals surface area contributed by atoms with E-state index in [1.54, 1.807) is 18.9 Å². The van der Waals surface area contributed by atoms with E-state index in [0.717, 1.165) is 16.2 Å². The smallest absolute Gasteiger partial charge is 0.227 e. The monoisotopic (exact) mass is 357 g/mol. The lowest BCUT2D eigenvalue weighted by atomic mass is 9.89. The molecule has 1 N–H and O–H groups in total. The number of amides is 1. The first-order valence-electron chi connectivity index (χ1n) is 8.39. The number of ether oxygens (including phenoxy) is 1. The van der Waals surface area contributed by atoms with Crippen molar-refractivity contribution in [1.29, 1.82) is 0 Å². The highest BCUT2D eigenvalue weighted by molar-refractivity contribution is 7.99. The van der Waals surface area contributed by atoms with Crippen LogP contribution in [0.5, 0.6) is 5.75 Å². The SMILES string of the molecule is COc1cccc(SCC(C)(C)C(=O)NC(C)(C)c2ccccc2)c1. The van der Waals surface area contributed by atoms with Gasteiger partial charge in [-0.1, -0.05) is 50.2 Å². The van der Waals surface area contributed by atoms with E-state index in [9.17, 15) is 4.79 Å². The van der Waals surface area contributed by atoms with Crippen LogP contribution >= 0.6 is 11.8 Å². The van der Waals surface area contributed by atoms with Gasteiger partial charge in [-0.3, -0.25) is 4.79 Å². The molecule has 0 spiro atoms. The molecule has 0 saturated heterocycles. The van der Waals surface area contributed by atoms with E-state index in [1.807, 2.05) is 82.3 Å². The highest BCUT2D eigenvalue weighted by Gasteiger charge is 2.32. The molecule has 1 amide bonds. The highest BCUT2D eigenvalue weighted by atomic mass is 32.2. The maximum absolute atomic E-state index is 12.8. The van der Waals surface area contributed by atoms with Crippen LogP contribution < -0.4 is 10.1 Å². The predicted molar refractivity (Wildman–Crippen MR) is 105 cm³/mol. The van der Waals surface area contributed by atoms with Crippen LogP contribution in [0, 0.1) is 5.41 Å². The van der Waals surface area contributed by atoms with Crippen LogP contribution in [0.4, 0.5) is 0 Å². The third-order valence-corrected chi connectivity index (χ3v) is 5.63. The number of nitrogens with one attached hydrogen (secondary N) is 1. The maximum atomic E-state index is 12.8. The molecule has 134 valence electrons. The van der Waals surface area contributed by atoms with Gasteiger partial charge in [0.2, 0.25) is 5.91 Å². The van der Waals surface area contributed by atoms with Gasteiger partial charge in [-0.25, -0.2) is 0 Å². The molecule has 2 aromatic rings. The number of hydrogen-bond donors (Lipinski definition) is 1. The van der Waals surface area contributed by atoms with Crippen molar-refractivity contribution in [2.75, 3.05) is 12.9 Å². The van der Waals surface area contributed by atoms with Gasteiger partial charge >= 0.3 is 0 Å². The standard InChI is InChI=1S/C21H27NO2S/c1-20(2,15-25-18-13-9-12-17(14-18)24-5)19(23)22-21(3,4)16-10-7-6-8-11-16/h6-14H,15H2,1-5H3,(H,22,23). The molecule has 2 aromatic carbocycles. The normalized spacial score (nSPS) is 11.9. The highest BCUT2D eigenvalue weighted by Crippen LogP contribution is 2.31. The van der Waals surface area contributed by atoms with Crippen LogP contribution in [-0.2, 0) is 10.3 Å². The molecule has 0 aromatic heterocycles. The first-order chi connectivity index (χ1) is 11.7. The summed E-state index contributed by atoms with van der Waals surface area (Å²) in [6.45, 7) is 8.03. The fourth-order valence-electron chi connectivity index (χ4n) is 2.40. The molecule has 3 nitrogen and oxygen atoms in total. The second kappa shape index (κ2) is 7.96. The van der Waals surface area contributed by atoms with Gasteiger partial charge in [-0.05, 0) is 37.6 Å². The van der Waals surface area contributed by atoms with Crippen molar-refractivity contribution in [3.8, 4) is 5.75 Å². The molecule has 0 aliphatic heterocycles. The summed E-state index contributed by atoms with van der Waals surface area (Å²) in [6, 6.07) is 18.0. The van der Waals surface area contributed by atoms with Crippen molar-refractivity contribution in [3.05, 3.63) is 60.2 Å². The van der Waals surface area contributed by atoms with Crippen molar-refractivity contribution in [3.63, 3.8) is 0 Å². The number of carbonyl (C=O) groups is 1. The van der Waals surface area contributed by atoms with Gasteiger partial charge in [0.05, 0.1) is 18.1 Å². The van der Waals surface area contributed by atoms with Crippen LogP contribution in [0.15, 0.2) is 59.5 Å². The number of hydrogen-bond acceptors (Lipinski definition) is 3. The molecule has 0 atom stereocenters. The molecule has 0 heterocycles. The zero-order valence-electron chi connectivity index (χ0n) is 15.6. The Kier molecular flexibility index (Phi) is 6.17. The molecule has 2 rings (SSSR count). The zero-order valence-corrected chi connectivity index (χ0v) is 16.4. The maximum Gasteiger partial charge on any atom is 0.227 e. The van der Waals surface area contributed by atoms with Gasteiger partial charge in [0, 0.05) is 10.6 Å². The lowest BCUT2D eigenvalue weighted by Crippen LogP contribution is -2.47. The topological polar surface area (TPSA) is 38.3 Å². The fraction of sp³-hybridized carbons (Fsp3) is 0.381. The molecule has 0 bridgehead atoms. The summed E-state index contributed by atoms with van der Waals surface area (Å²) >= 11 is 1.67. The molecule has 0 radical (unpaired) electrons. The Morgan fingerprint density at radius 2 is 1.72 bits per heavy atom.